The van der Waals surface area contributed by atoms with Gasteiger partial charge in [0.1, 0.15) is 0 Å². The van der Waals surface area contributed by atoms with Crippen molar-refractivity contribution >= 4 is 0 Å². The summed E-state index contributed by atoms with van der Waals surface area (Å²) in [5.41, 5.74) is 2.55. The second-order valence-corrected chi connectivity index (χ2v) is 20.1. The lowest BCUT2D eigenvalue weighted by atomic mass is 9.72. The van der Waals surface area contributed by atoms with E-state index in [1.807, 2.05) is 0 Å². The maximum absolute atomic E-state index is 5.41. The average molecular weight is 623 g/mol. The maximum atomic E-state index is 5.41. The zero-order valence-corrected chi connectivity index (χ0v) is 32.9. The molecule has 2 saturated carbocycles. The Bertz CT molecular complexity index is 682. The quantitative estimate of drug-likeness (QED) is 0.269. The smallest absolute Gasteiger partial charge is 0.0521 e. The summed E-state index contributed by atoms with van der Waals surface area (Å²) in [6.45, 7) is 40.5. The van der Waals surface area contributed by atoms with Gasteiger partial charge in [-0.15, -0.1) is 0 Å². The minimum atomic E-state index is 0.445. The summed E-state index contributed by atoms with van der Waals surface area (Å²) < 4.78 is 15.8. The van der Waals surface area contributed by atoms with Gasteiger partial charge in [0.05, 0.1) is 13.2 Å². The van der Waals surface area contributed by atoms with Gasteiger partial charge in [0.2, 0.25) is 0 Å². The molecule has 5 fully saturated rings. The Hall–Kier alpha value is -0.120. The van der Waals surface area contributed by atoms with E-state index in [0.29, 0.717) is 27.1 Å². The van der Waals surface area contributed by atoms with Gasteiger partial charge in [-0.25, -0.2) is 0 Å². The fraction of sp³-hybridized carbons (Fsp3) is 1.00. The lowest BCUT2D eigenvalue weighted by molar-refractivity contribution is -0.0821. The van der Waals surface area contributed by atoms with Gasteiger partial charge in [-0.1, -0.05) is 123 Å². The van der Waals surface area contributed by atoms with E-state index in [4.69, 9.17) is 14.2 Å². The normalized spacial score (nSPS) is 25.4. The monoisotopic (exact) mass is 623 g/mol. The van der Waals surface area contributed by atoms with Gasteiger partial charge in [-0.3, -0.25) is 0 Å². The first kappa shape index (κ1) is 41.9. The van der Waals surface area contributed by atoms with Crippen LogP contribution < -0.4 is 0 Å². The van der Waals surface area contributed by atoms with Crippen molar-refractivity contribution in [2.75, 3.05) is 39.6 Å². The molecule has 44 heavy (non-hydrogen) atoms. The second kappa shape index (κ2) is 18.4. The largest absolute Gasteiger partial charge is 0.381 e. The van der Waals surface area contributed by atoms with Crippen molar-refractivity contribution in [1.82, 2.24) is 0 Å². The molecule has 0 aromatic carbocycles. The molecule has 264 valence electrons. The second-order valence-electron chi connectivity index (χ2n) is 20.1. The van der Waals surface area contributed by atoms with Gasteiger partial charge in [0.15, 0.2) is 0 Å². The summed E-state index contributed by atoms with van der Waals surface area (Å²) in [5.74, 6) is 4.43. The van der Waals surface area contributed by atoms with E-state index in [-0.39, 0.29) is 0 Å². The molecular formula is C41H82O3. The van der Waals surface area contributed by atoms with Crippen LogP contribution in [0.2, 0.25) is 0 Å². The molecule has 3 aliphatic heterocycles. The Morgan fingerprint density at radius 1 is 0.295 bits per heavy atom. The summed E-state index contributed by atoms with van der Waals surface area (Å²) in [7, 11) is 0. The molecule has 0 bridgehead atoms. The molecule has 0 spiro atoms. The minimum Gasteiger partial charge on any atom is -0.381 e. The molecule has 0 amide bonds. The predicted molar refractivity (Wildman–Crippen MR) is 193 cm³/mol. The Labute approximate surface area is 278 Å². The van der Waals surface area contributed by atoms with Gasteiger partial charge in [0.25, 0.3) is 0 Å². The lowest BCUT2D eigenvalue weighted by Gasteiger charge is -2.37. The van der Waals surface area contributed by atoms with E-state index >= 15 is 0 Å². The summed E-state index contributed by atoms with van der Waals surface area (Å²) in [6, 6.07) is 0. The number of hydrogen-bond donors (Lipinski definition) is 0. The van der Waals surface area contributed by atoms with Crippen LogP contribution in [0.4, 0.5) is 0 Å². The van der Waals surface area contributed by atoms with E-state index in [2.05, 4.69) is 104 Å². The molecule has 3 heterocycles. The minimum absolute atomic E-state index is 0.445. The first-order valence-electron chi connectivity index (χ1n) is 18.8. The van der Waals surface area contributed by atoms with E-state index in [1.165, 1.54) is 64.2 Å². The van der Waals surface area contributed by atoms with Gasteiger partial charge in [-0.2, -0.15) is 0 Å². The van der Waals surface area contributed by atoms with Crippen molar-refractivity contribution in [3.63, 3.8) is 0 Å². The zero-order valence-electron chi connectivity index (χ0n) is 32.9. The van der Waals surface area contributed by atoms with Crippen molar-refractivity contribution in [3.05, 3.63) is 0 Å². The molecule has 2 atom stereocenters. The predicted octanol–water partition coefficient (Wildman–Crippen LogP) is 12.3. The van der Waals surface area contributed by atoms with Crippen LogP contribution in [0.5, 0.6) is 0 Å². The number of hydrogen-bond acceptors (Lipinski definition) is 3. The molecule has 3 saturated heterocycles. The Morgan fingerprint density at radius 3 is 0.795 bits per heavy atom. The highest BCUT2D eigenvalue weighted by Crippen LogP contribution is 2.44. The maximum Gasteiger partial charge on any atom is 0.0521 e. The van der Waals surface area contributed by atoms with Crippen molar-refractivity contribution in [2.45, 2.75) is 168 Å². The Kier molecular flexibility index (Phi) is 17.6. The van der Waals surface area contributed by atoms with Crippen LogP contribution in [-0.4, -0.2) is 39.6 Å². The first-order valence-corrected chi connectivity index (χ1v) is 18.8. The summed E-state index contributed by atoms with van der Waals surface area (Å²) in [4.78, 5) is 0. The van der Waals surface area contributed by atoms with Crippen molar-refractivity contribution in [2.24, 2.45) is 56.7 Å². The summed E-state index contributed by atoms with van der Waals surface area (Å²) >= 11 is 0. The SMILES string of the molecule is CC(C)(C)C1CC1.CC(C)(C)C1CCCCC1.CC(C)(C)C1CCCOC1.CC(C)(C)C1CCOC1.CC(C)(C)C1COC1. The highest BCUT2D eigenvalue weighted by molar-refractivity contribution is 4.84. The topological polar surface area (TPSA) is 27.7 Å². The molecule has 5 aliphatic rings. The molecule has 2 aliphatic carbocycles. The van der Waals surface area contributed by atoms with Gasteiger partial charge in [0, 0.05) is 32.3 Å². The standard InChI is InChI=1S/C10H20.C9H18O.C8H16O.C7H14O.C7H14/c1-10(2,3)9-7-5-4-6-8-9;1-9(2,3)8-5-4-6-10-7-8;1-8(2,3)7-4-5-9-6-7;1-7(2,3)6-4-8-5-6;1-7(2,3)6-4-5-6/h9H,4-8H2,1-3H3;8H,4-7H2,1-3H3;7H,4-6H2,1-3H3;6H,4-5H2,1-3H3;6H,4-5H2,1-3H3. The zero-order chi connectivity index (χ0) is 33.8. The third kappa shape index (κ3) is 18.3. The molecule has 0 N–H and O–H groups in total. The van der Waals surface area contributed by atoms with Gasteiger partial charge < -0.3 is 14.2 Å². The van der Waals surface area contributed by atoms with Crippen molar-refractivity contribution in [1.29, 1.82) is 0 Å². The fourth-order valence-electron chi connectivity index (χ4n) is 6.29. The van der Waals surface area contributed by atoms with Crippen LogP contribution in [0, 0.1) is 56.7 Å². The Morgan fingerprint density at radius 2 is 0.636 bits per heavy atom. The lowest BCUT2D eigenvalue weighted by Crippen LogP contribution is -2.37. The molecule has 0 aromatic heterocycles. The van der Waals surface area contributed by atoms with E-state index in [9.17, 15) is 0 Å². The summed E-state index contributed by atoms with van der Waals surface area (Å²) in [5, 5.41) is 0. The van der Waals surface area contributed by atoms with Crippen molar-refractivity contribution < 1.29 is 14.2 Å². The number of ether oxygens (including phenoxy) is 3. The molecule has 2 unspecified atom stereocenters. The van der Waals surface area contributed by atoms with Gasteiger partial charge in [-0.05, 0) is 95.7 Å². The third-order valence-corrected chi connectivity index (χ3v) is 11.0. The number of rotatable bonds is 0. The highest BCUT2D eigenvalue weighted by atomic mass is 16.5. The fourth-order valence-corrected chi connectivity index (χ4v) is 6.29. The van der Waals surface area contributed by atoms with E-state index in [0.717, 1.165) is 69.2 Å². The van der Waals surface area contributed by atoms with Crippen LogP contribution in [0.1, 0.15) is 168 Å². The van der Waals surface area contributed by atoms with Crippen LogP contribution in [0.15, 0.2) is 0 Å². The first-order chi connectivity index (χ1) is 20.0. The molecule has 3 nitrogen and oxygen atoms in total. The van der Waals surface area contributed by atoms with Crippen LogP contribution in [0.25, 0.3) is 0 Å². The van der Waals surface area contributed by atoms with Crippen LogP contribution in [-0.2, 0) is 14.2 Å². The van der Waals surface area contributed by atoms with Crippen LogP contribution >= 0.6 is 0 Å². The molecule has 5 rings (SSSR count). The molecule has 3 heteroatoms. The van der Waals surface area contributed by atoms with Crippen LogP contribution in [0.3, 0.4) is 0 Å². The third-order valence-electron chi connectivity index (χ3n) is 11.0. The molecular weight excluding hydrogens is 540 g/mol. The average Bonchev–Trinajstić information content (AvgIpc) is 3.58. The van der Waals surface area contributed by atoms with Crippen molar-refractivity contribution in [3.8, 4) is 0 Å². The van der Waals surface area contributed by atoms with Gasteiger partial charge >= 0.3 is 0 Å². The molecule has 0 radical (unpaired) electrons. The van der Waals surface area contributed by atoms with E-state index < -0.39 is 0 Å². The molecule has 0 aromatic rings. The Balaban J connectivity index is 0.000000276. The van der Waals surface area contributed by atoms with E-state index in [1.54, 1.807) is 0 Å². The highest BCUT2D eigenvalue weighted by Gasteiger charge is 2.33. The summed E-state index contributed by atoms with van der Waals surface area (Å²) in [6.07, 6.45) is 14.2.